The minimum absolute atomic E-state index is 0.170. The number of anilines is 2. The van der Waals surface area contributed by atoms with Crippen LogP contribution in [-0.4, -0.2) is 29.2 Å². The van der Waals surface area contributed by atoms with E-state index in [4.69, 9.17) is 4.74 Å². The van der Waals surface area contributed by atoms with Gasteiger partial charge in [-0.25, -0.2) is 9.97 Å². The first-order valence-corrected chi connectivity index (χ1v) is 7.33. The van der Waals surface area contributed by atoms with Crippen LogP contribution in [0.5, 0.6) is 0 Å². The Bertz CT molecular complexity index is 415. The molecule has 1 aromatic rings. The summed E-state index contributed by atoms with van der Waals surface area (Å²) < 4.78 is 5.40. The zero-order valence-corrected chi connectivity index (χ0v) is 13.6. The Morgan fingerprint density at radius 3 is 2.40 bits per heavy atom. The molecule has 0 radical (unpaired) electrons. The maximum absolute atomic E-state index is 5.40. The van der Waals surface area contributed by atoms with Crippen LogP contribution in [0, 0.1) is 5.41 Å². The zero-order chi connectivity index (χ0) is 15.2. The third kappa shape index (κ3) is 5.33. The number of hydrogen-bond donors (Lipinski definition) is 2. The Labute approximate surface area is 122 Å². The summed E-state index contributed by atoms with van der Waals surface area (Å²) in [5, 5.41) is 6.68. The quantitative estimate of drug-likeness (QED) is 0.802. The average Bonchev–Trinajstić information content (AvgIpc) is 2.35. The molecule has 1 atom stereocenters. The molecule has 5 heteroatoms. The number of aromatic nitrogens is 2. The Morgan fingerprint density at radius 2 is 1.85 bits per heavy atom. The van der Waals surface area contributed by atoms with E-state index in [0.717, 1.165) is 18.2 Å². The van der Waals surface area contributed by atoms with Crippen LogP contribution in [0.15, 0.2) is 6.07 Å². The SMILES string of the molecule is CCNc1cc(NC(C)C(C)(C)C)nc(COCC)n1. The molecular formula is C15H28N4O. The molecule has 114 valence electrons. The van der Waals surface area contributed by atoms with Crippen LogP contribution in [0.4, 0.5) is 11.6 Å². The van der Waals surface area contributed by atoms with Crippen molar-refractivity contribution in [3.63, 3.8) is 0 Å². The van der Waals surface area contributed by atoms with E-state index in [-0.39, 0.29) is 5.41 Å². The van der Waals surface area contributed by atoms with Gasteiger partial charge in [0.1, 0.15) is 18.2 Å². The number of hydrogen-bond acceptors (Lipinski definition) is 5. The Kier molecular flexibility index (Phi) is 6.20. The van der Waals surface area contributed by atoms with Crippen LogP contribution in [0.25, 0.3) is 0 Å². The lowest BCUT2D eigenvalue weighted by molar-refractivity contribution is 0.128. The molecule has 0 saturated heterocycles. The van der Waals surface area contributed by atoms with E-state index < -0.39 is 0 Å². The lowest BCUT2D eigenvalue weighted by atomic mass is 9.88. The summed E-state index contributed by atoms with van der Waals surface area (Å²) in [6, 6.07) is 2.26. The molecule has 20 heavy (non-hydrogen) atoms. The van der Waals surface area contributed by atoms with Crippen LogP contribution in [-0.2, 0) is 11.3 Å². The highest BCUT2D eigenvalue weighted by molar-refractivity contribution is 5.48. The van der Waals surface area contributed by atoms with E-state index in [2.05, 4.69) is 55.2 Å². The maximum Gasteiger partial charge on any atom is 0.158 e. The van der Waals surface area contributed by atoms with Gasteiger partial charge in [-0.05, 0) is 26.2 Å². The summed E-state index contributed by atoms with van der Waals surface area (Å²) in [6.07, 6.45) is 0. The summed E-state index contributed by atoms with van der Waals surface area (Å²) in [7, 11) is 0. The van der Waals surface area contributed by atoms with Crippen LogP contribution in [0.3, 0.4) is 0 Å². The number of rotatable bonds is 7. The van der Waals surface area contributed by atoms with Gasteiger partial charge in [0.25, 0.3) is 0 Å². The zero-order valence-electron chi connectivity index (χ0n) is 13.6. The molecule has 5 nitrogen and oxygen atoms in total. The van der Waals surface area contributed by atoms with Gasteiger partial charge in [0.2, 0.25) is 0 Å². The second-order valence-electron chi connectivity index (χ2n) is 5.95. The molecule has 0 aliphatic heterocycles. The normalized spacial score (nSPS) is 13.1. The Hall–Kier alpha value is -1.36. The number of nitrogens with one attached hydrogen (secondary N) is 2. The smallest absolute Gasteiger partial charge is 0.158 e. The van der Waals surface area contributed by atoms with Crippen molar-refractivity contribution in [1.29, 1.82) is 0 Å². The Morgan fingerprint density at radius 1 is 1.20 bits per heavy atom. The van der Waals surface area contributed by atoms with E-state index in [1.165, 1.54) is 0 Å². The first-order valence-electron chi connectivity index (χ1n) is 7.33. The van der Waals surface area contributed by atoms with Gasteiger partial charge < -0.3 is 15.4 Å². The molecule has 1 unspecified atom stereocenters. The summed E-state index contributed by atoms with van der Waals surface area (Å²) in [5.74, 6) is 2.38. The molecule has 2 N–H and O–H groups in total. The molecule has 1 rings (SSSR count). The van der Waals surface area contributed by atoms with E-state index in [0.29, 0.717) is 25.1 Å². The topological polar surface area (TPSA) is 59.1 Å². The van der Waals surface area contributed by atoms with Gasteiger partial charge in [-0.1, -0.05) is 20.8 Å². The van der Waals surface area contributed by atoms with Gasteiger partial charge in [0, 0.05) is 25.3 Å². The molecule has 0 saturated carbocycles. The van der Waals surface area contributed by atoms with E-state index >= 15 is 0 Å². The minimum atomic E-state index is 0.170. The largest absolute Gasteiger partial charge is 0.374 e. The summed E-state index contributed by atoms with van der Waals surface area (Å²) in [4.78, 5) is 8.96. The van der Waals surface area contributed by atoms with Gasteiger partial charge in [-0.3, -0.25) is 0 Å². The fourth-order valence-electron chi connectivity index (χ4n) is 1.54. The summed E-state index contributed by atoms with van der Waals surface area (Å²) in [5.41, 5.74) is 0.170. The Balaban J connectivity index is 2.90. The van der Waals surface area contributed by atoms with Crippen LogP contribution in [0.2, 0.25) is 0 Å². The van der Waals surface area contributed by atoms with E-state index in [1.54, 1.807) is 0 Å². The second-order valence-corrected chi connectivity index (χ2v) is 5.95. The van der Waals surface area contributed by atoms with Gasteiger partial charge in [-0.2, -0.15) is 0 Å². The van der Waals surface area contributed by atoms with Crippen molar-refractivity contribution in [1.82, 2.24) is 9.97 Å². The monoisotopic (exact) mass is 280 g/mol. The molecule has 1 heterocycles. The molecule has 0 bridgehead atoms. The fourth-order valence-corrected chi connectivity index (χ4v) is 1.54. The second kappa shape index (κ2) is 7.43. The number of ether oxygens (including phenoxy) is 1. The standard InChI is InChI=1S/C15H28N4O/c1-7-16-12-9-13(17-11(3)15(4,5)6)19-14(18-12)10-20-8-2/h9,11H,7-8,10H2,1-6H3,(H2,16,17,18,19). The molecule has 0 spiro atoms. The van der Waals surface area contributed by atoms with E-state index in [1.807, 2.05) is 13.0 Å². The molecule has 1 aromatic heterocycles. The lowest BCUT2D eigenvalue weighted by Crippen LogP contribution is -2.31. The van der Waals surface area contributed by atoms with Crippen molar-refractivity contribution < 1.29 is 4.74 Å². The molecule has 0 aliphatic carbocycles. The van der Waals surface area contributed by atoms with Crippen molar-refractivity contribution in [3.8, 4) is 0 Å². The molecule has 0 amide bonds. The van der Waals surface area contributed by atoms with Crippen molar-refractivity contribution in [2.24, 2.45) is 5.41 Å². The van der Waals surface area contributed by atoms with Gasteiger partial charge >= 0.3 is 0 Å². The van der Waals surface area contributed by atoms with Crippen LogP contribution >= 0.6 is 0 Å². The molecule has 0 fully saturated rings. The average molecular weight is 280 g/mol. The van der Waals surface area contributed by atoms with Gasteiger partial charge in [-0.15, -0.1) is 0 Å². The van der Waals surface area contributed by atoms with E-state index in [9.17, 15) is 0 Å². The maximum atomic E-state index is 5.40. The summed E-state index contributed by atoms with van der Waals surface area (Å²) >= 11 is 0. The van der Waals surface area contributed by atoms with Crippen molar-refractivity contribution in [2.75, 3.05) is 23.8 Å². The predicted octanol–water partition coefficient (Wildman–Crippen LogP) is 3.29. The molecular weight excluding hydrogens is 252 g/mol. The minimum Gasteiger partial charge on any atom is -0.374 e. The van der Waals surface area contributed by atoms with Gasteiger partial charge in [0.15, 0.2) is 5.82 Å². The third-order valence-electron chi connectivity index (χ3n) is 3.23. The summed E-state index contributed by atoms with van der Waals surface area (Å²) in [6.45, 7) is 14.7. The number of nitrogens with zero attached hydrogens (tertiary/aromatic N) is 2. The molecule has 0 aliphatic rings. The van der Waals surface area contributed by atoms with Gasteiger partial charge in [0.05, 0.1) is 0 Å². The highest BCUT2D eigenvalue weighted by Crippen LogP contribution is 2.23. The third-order valence-corrected chi connectivity index (χ3v) is 3.23. The highest BCUT2D eigenvalue weighted by atomic mass is 16.5. The molecule has 0 aromatic carbocycles. The van der Waals surface area contributed by atoms with Crippen molar-refractivity contribution >= 4 is 11.6 Å². The highest BCUT2D eigenvalue weighted by Gasteiger charge is 2.20. The first kappa shape index (κ1) is 16.7. The van der Waals surface area contributed by atoms with Crippen molar-refractivity contribution in [3.05, 3.63) is 11.9 Å². The van der Waals surface area contributed by atoms with Crippen LogP contribution in [0.1, 0.15) is 47.4 Å². The fraction of sp³-hybridized carbons (Fsp3) is 0.733. The predicted molar refractivity (Wildman–Crippen MR) is 84.1 cm³/mol. The van der Waals surface area contributed by atoms with Crippen molar-refractivity contribution in [2.45, 2.75) is 54.2 Å². The first-order chi connectivity index (χ1) is 9.36. The lowest BCUT2D eigenvalue weighted by Gasteiger charge is -2.28. The van der Waals surface area contributed by atoms with Crippen LogP contribution < -0.4 is 10.6 Å².